The summed E-state index contributed by atoms with van der Waals surface area (Å²) in [6.45, 7) is 9.04. The van der Waals surface area contributed by atoms with Gasteiger partial charge < -0.3 is 19.9 Å². The Morgan fingerprint density at radius 1 is 1.25 bits per heavy atom. The van der Waals surface area contributed by atoms with Crippen molar-refractivity contribution in [2.75, 3.05) is 39.4 Å². The van der Waals surface area contributed by atoms with Crippen LogP contribution in [-0.4, -0.2) is 61.1 Å². The predicted octanol–water partition coefficient (Wildman–Crippen LogP) is 2.39. The molecule has 0 radical (unpaired) electrons. The third kappa shape index (κ3) is 4.17. The molecular formula is C22H32N4O2. The monoisotopic (exact) mass is 384 g/mol. The second-order valence-corrected chi connectivity index (χ2v) is 8.33. The number of hydrogen-bond donors (Lipinski definition) is 1. The molecule has 1 unspecified atom stereocenters. The van der Waals surface area contributed by atoms with Gasteiger partial charge in [0.2, 0.25) is 5.91 Å². The van der Waals surface area contributed by atoms with Crippen molar-refractivity contribution < 1.29 is 9.53 Å². The van der Waals surface area contributed by atoms with E-state index in [0.29, 0.717) is 24.9 Å². The van der Waals surface area contributed by atoms with Crippen molar-refractivity contribution in [2.45, 2.75) is 45.7 Å². The molecule has 3 saturated heterocycles. The van der Waals surface area contributed by atoms with E-state index in [9.17, 15) is 4.79 Å². The van der Waals surface area contributed by atoms with E-state index in [2.05, 4.69) is 41.4 Å². The van der Waals surface area contributed by atoms with Gasteiger partial charge in [-0.25, -0.2) is 4.99 Å². The Kier molecular flexibility index (Phi) is 5.85. The van der Waals surface area contributed by atoms with E-state index >= 15 is 0 Å². The lowest BCUT2D eigenvalue weighted by Gasteiger charge is -2.25. The Labute approximate surface area is 167 Å². The molecule has 6 nitrogen and oxygen atoms in total. The summed E-state index contributed by atoms with van der Waals surface area (Å²) in [7, 11) is 0. The third-order valence-electron chi connectivity index (χ3n) is 6.31. The first-order valence-electron chi connectivity index (χ1n) is 10.6. The maximum absolute atomic E-state index is 12.0. The van der Waals surface area contributed by atoms with Crippen molar-refractivity contribution in [2.24, 2.45) is 10.4 Å². The van der Waals surface area contributed by atoms with Gasteiger partial charge in [0.05, 0.1) is 13.2 Å². The molecule has 0 aromatic heterocycles. The van der Waals surface area contributed by atoms with E-state index in [4.69, 9.17) is 9.73 Å². The number of carbonyl (C=O) groups is 1. The molecule has 3 aliphatic rings. The molecule has 1 spiro atoms. The van der Waals surface area contributed by atoms with Gasteiger partial charge in [0.1, 0.15) is 0 Å². The molecule has 1 N–H and O–H groups in total. The van der Waals surface area contributed by atoms with Gasteiger partial charge in [-0.2, -0.15) is 0 Å². The average molecular weight is 385 g/mol. The summed E-state index contributed by atoms with van der Waals surface area (Å²) in [5.41, 5.74) is 2.74. The lowest BCUT2D eigenvalue weighted by atomic mass is 9.87. The fourth-order valence-corrected chi connectivity index (χ4v) is 4.62. The number of ether oxygens (including phenoxy) is 1. The van der Waals surface area contributed by atoms with Gasteiger partial charge in [-0.1, -0.05) is 24.3 Å². The minimum atomic E-state index is 0.271. The summed E-state index contributed by atoms with van der Waals surface area (Å²) < 4.78 is 5.67. The van der Waals surface area contributed by atoms with Gasteiger partial charge in [-0.05, 0) is 37.3 Å². The molecule has 1 amide bonds. The Morgan fingerprint density at radius 3 is 2.82 bits per heavy atom. The summed E-state index contributed by atoms with van der Waals surface area (Å²) in [4.78, 5) is 21.3. The van der Waals surface area contributed by atoms with E-state index in [1.807, 2.05) is 4.90 Å². The predicted molar refractivity (Wildman–Crippen MR) is 110 cm³/mol. The second-order valence-electron chi connectivity index (χ2n) is 8.33. The van der Waals surface area contributed by atoms with Crippen LogP contribution in [0.4, 0.5) is 0 Å². The summed E-state index contributed by atoms with van der Waals surface area (Å²) in [6.07, 6.45) is 4.01. The molecule has 152 valence electrons. The molecule has 6 heteroatoms. The summed E-state index contributed by atoms with van der Waals surface area (Å²) in [5, 5.41) is 3.47. The van der Waals surface area contributed by atoms with Crippen molar-refractivity contribution in [1.82, 2.24) is 15.1 Å². The van der Waals surface area contributed by atoms with Crippen LogP contribution in [0.5, 0.6) is 0 Å². The number of rotatable bonds is 5. The fourth-order valence-electron chi connectivity index (χ4n) is 4.62. The van der Waals surface area contributed by atoms with Gasteiger partial charge in [-0.15, -0.1) is 0 Å². The zero-order valence-corrected chi connectivity index (χ0v) is 17.0. The first-order valence-corrected chi connectivity index (χ1v) is 10.6. The minimum Gasteiger partial charge on any atom is -0.381 e. The molecule has 1 aromatic rings. The van der Waals surface area contributed by atoms with Crippen molar-refractivity contribution in [1.29, 1.82) is 0 Å². The topological polar surface area (TPSA) is 57.2 Å². The maximum atomic E-state index is 12.0. The normalized spacial score (nSPS) is 25.3. The van der Waals surface area contributed by atoms with Crippen molar-refractivity contribution in [3.05, 3.63) is 35.4 Å². The number of benzene rings is 1. The van der Waals surface area contributed by atoms with Crippen LogP contribution in [0.3, 0.4) is 0 Å². The number of likely N-dealkylation sites (tertiary alicyclic amines) is 2. The smallest absolute Gasteiger partial charge is 0.222 e. The lowest BCUT2D eigenvalue weighted by Crippen LogP contribution is -2.41. The van der Waals surface area contributed by atoms with Crippen LogP contribution >= 0.6 is 0 Å². The van der Waals surface area contributed by atoms with Crippen LogP contribution in [0.1, 0.15) is 43.7 Å². The van der Waals surface area contributed by atoms with E-state index in [-0.39, 0.29) is 5.91 Å². The number of nitrogens with zero attached hydrogens (tertiary/aromatic N) is 3. The standard InChI is InChI=1S/C22H32N4O2/c1-2-23-21(26-12-9-22(16-26)10-13-28-17-22)24-14-18-6-3-4-7-19(18)15-25-11-5-8-20(25)27/h3-4,6-7H,2,5,8-17H2,1H3,(H,23,24). The van der Waals surface area contributed by atoms with Crippen molar-refractivity contribution in [3.63, 3.8) is 0 Å². The molecule has 0 bridgehead atoms. The van der Waals surface area contributed by atoms with Crippen LogP contribution in [0.25, 0.3) is 0 Å². The molecule has 4 rings (SSSR count). The Bertz CT molecular complexity index is 727. The number of carbonyl (C=O) groups excluding carboxylic acids is 1. The molecule has 3 heterocycles. The van der Waals surface area contributed by atoms with Crippen LogP contribution in [0.15, 0.2) is 29.3 Å². The summed E-state index contributed by atoms with van der Waals surface area (Å²) in [6, 6.07) is 8.38. The third-order valence-corrected chi connectivity index (χ3v) is 6.31. The van der Waals surface area contributed by atoms with Gasteiger partial charge in [0.15, 0.2) is 5.96 Å². The Hall–Kier alpha value is -2.08. The highest BCUT2D eigenvalue weighted by atomic mass is 16.5. The summed E-state index contributed by atoms with van der Waals surface area (Å²) in [5.74, 6) is 1.27. The zero-order chi connectivity index (χ0) is 19.4. The maximum Gasteiger partial charge on any atom is 0.222 e. The second kappa shape index (κ2) is 8.52. The Morgan fingerprint density at radius 2 is 2.11 bits per heavy atom. The number of amides is 1. The molecule has 3 fully saturated rings. The van der Waals surface area contributed by atoms with E-state index in [1.54, 1.807) is 0 Å². The van der Waals surface area contributed by atoms with Gasteiger partial charge in [0, 0.05) is 51.2 Å². The van der Waals surface area contributed by atoms with Crippen LogP contribution in [-0.2, 0) is 22.6 Å². The van der Waals surface area contributed by atoms with Gasteiger partial charge in [-0.3, -0.25) is 4.79 Å². The van der Waals surface area contributed by atoms with E-state index < -0.39 is 0 Å². The SMILES string of the molecule is CCNC(=NCc1ccccc1CN1CCCC1=O)N1CCC2(CCOC2)C1. The zero-order valence-electron chi connectivity index (χ0n) is 17.0. The highest BCUT2D eigenvalue weighted by molar-refractivity contribution is 5.80. The highest BCUT2D eigenvalue weighted by Crippen LogP contribution is 2.38. The van der Waals surface area contributed by atoms with Gasteiger partial charge >= 0.3 is 0 Å². The average Bonchev–Trinajstić information content (AvgIpc) is 3.44. The fraction of sp³-hybridized carbons (Fsp3) is 0.636. The molecule has 0 saturated carbocycles. The van der Waals surface area contributed by atoms with Gasteiger partial charge in [0.25, 0.3) is 0 Å². The number of guanidine groups is 1. The number of nitrogens with one attached hydrogen (secondary N) is 1. The number of aliphatic imine (C=N–C) groups is 1. The number of hydrogen-bond acceptors (Lipinski definition) is 3. The molecule has 1 atom stereocenters. The highest BCUT2D eigenvalue weighted by Gasteiger charge is 2.42. The quantitative estimate of drug-likeness (QED) is 0.626. The van der Waals surface area contributed by atoms with Crippen molar-refractivity contribution in [3.8, 4) is 0 Å². The lowest BCUT2D eigenvalue weighted by molar-refractivity contribution is -0.128. The largest absolute Gasteiger partial charge is 0.381 e. The first kappa shape index (κ1) is 19.2. The van der Waals surface area contributed by atoms with E-state index in [1.165, 1.54) is 17.5 Å². The van der Waals surface area contributed by atoms with E-state index in [0.717, 1.165) is 58.2 Å². The Balaban J connectivity index is 1.46. The molecule has 28 heavy (non-hydrogen) atoms. The summed E-state index contributed by atoms with van der Waals surface area (Å²) >= 11 is 0. The van der Waals surface area contributed by atoms with Crippen LogP contribution in [0.2, 0.25) is 0 Å². The van der Waals surface area contributed by atoms with Crippen LogP contribution < -0.4 is 5.32 Å². The van der Waals surface area contributed by atoms with Crippen LogP contribution in [0, 0.1) is 5.41 Å². The molecule has 1 aromatic carbocycles. The first-order chi connectivity index (χ1) is 13.7. The minimum absolute atomic E-state index is 0.271. The molecular weight excluding hydrogens is 352 g/mol. The molecule has 3 aliphatic heterocycles. The van der Waals surface area contributed by atoms with Crippen molar-refractivity contribution >= 4 is 11.9 Å². The molecule has 0 aliphatic carbocycles.